The zero-order chi connectivity index (χ0) is 18.3. The maximum Gasteiger partial charge on any atom is 0.327 e. The molecule has 0 heterocycles. The number of ether oxygens (including phenoxy) is 1. The number of hydrogen-bond acceptors (Lipinski definition) is 6. The number of nitrogens with one attached hydrogen (secondary N) is 2. The quantitative estimate of drug-likeness (QED) is 0.523. The molecule has 24 heavy (non-hydrogen) atoms. The van der Waals surface area contributed by atoms with E-state index in [1.807, 2.05) is 10.9 Å². The van der Waals surface area contributed by atoms with Crippen LogP contribution in [-0.4, -0.2) is 45.6 Å². The number of anilines is 1. The lowest BCUT2D eigenvalue weighted by Gasteiger charge is -2.21. The van der Waals surface area contributed by atoms with Crippen LogP contribution in [-0.2, 0) is 29.1 Å². The van der Waals surface area contributed by atoms with Crippen LogP contribution in [0.15, 0.2) is 24.3 Å². The van der Waals surface area contributed by atoms with Crippen molar-refractivity contribution in [1.82, 2.24) is 10.9 Å². The van der Waals surface area contributed by atoms with Crippen LogP contribution in [0.5, 0.6) is 0 Å². The van der Waals surface area contributed by atoms with E-state index in [1.165, 1.54) is 25.1 Å². The number of sulfonamides is 1. The molecule has 2 amide bonds. The number of carbonyl (C=O) groups excluding carboxylic acids is 3. The molecule has 0 aliphatic rings. The summed E-state index contributed by atoms with van der Waals surface area (Å²) in [6.45, 7) is -0.125. The van der Waals surface area contributed by atoms with E-state index in [4.69, 9.17) is 11.6 Å². The molecule has 1 rings (SSSR count). The van der Waals surface area contributed by atoms with E-state index in [0.29, 0.717) is 5.02 Å². The van der Waals surface area contributed by atoms with Crippen LogP contribution in [0.4, 0.5) is 5.69 Å². The monoisotopic (exact) mass is 377 g/mol. The van der Waals surface area contributed by atoms with E-state index in [-0.39, 0.29) is 5.69 Å². The average molecular weight is 378 g/mol. The van der Waals surface area contributed by atoms with Crippen LogP contribution in [0.3, 0.4) is 0 Å². The molecule has 0 unspecified atom stereocenters. The van der Waals surface area contributed by atoms with E-state index in [9.17, 15) is 22.8 Å². The minimum absolute atomic E-state index is 0.185. The molecule has 0 radical (unpaired) electrons. The fraction of sp³-hybridized carbons (Fsp3) is 0.308. The van der Waals surface area contributed by atoms with Crippen molar-refractivity contribution in [3.63, 3.8) is 0 Å². The molecule has 0 atom stereocenters. The Labute approximate surface area is 143 Å². The highest BCUT2D eigenvalue weighted by Gasteiger charge is 2.22. The summed E-state index contributed by atoms with van der Waals surface area (Å²) in [4.78, 5) is 33.7. The zero-order valence-electron chi connectivity index (χ0n) is 12.9. The number of halogens is 1. The van der Waals surface area contributed by atoms with Gasteiger partial charge >= 0.3 is 5.97 Å². The molecular formula is C13H16ClN3O6S. The summed E-state index contributed by atoms with van der Waals surface area (Å²) >= 11 is 5.81. The third kappa shape index (κ3) is 6.84. The molecule has 9 nitrogen and oxygen atoms in total. The Balaban J connectivity index is 2.70. The highest BCUT2D eigenvalue weighted by molar-refractivity contribution is 7.92. The Bertz CT molecular complexity index is 737. The van der Waals surface area contributed by atoms with Gasteiger partial charge in [-0.25, -0.2) is 8.42 Å². The Morgan fingerprint density at radius 3 is 2.46 bits per heavy atom. The van der Waals surface area contributed by atoms with Crippen LogP contribution in [0.1, 0.15) is 6.92 Å². The molecule has 0 aromatic heterocycles. The predicted octanol–water partition coefficient (Wildman–Crippen LogP) is -0.183. The summed E-state index contributed by atoms with van der Waals surface area (Å²) in [7, 11) is -3.77. The highest BCUT2D eigenvalue weighted by atomic mass is 35.5. The smallest absolute Gasteiger partial charge is 0.327 e. The summed E-state index contributed by atoms with van der Waals surface area (Å²) < 4.78 is 29.2. The fourth-order valence-electron chi connectivity index (χ4n) is 1.53. The summed E-state index contributed by atoms with van der Waals surface area (Å²) in [5.74, 6) is -2.22. The highest BCUT2D eigenvalue weighted by Crippen LogP contribution is 2.21. The second-order valence-electron chi connectivity index (χ2n) is 4.64. The fourth-order valence-corrected chi connectivity index (χ4v) is 2.55. The number of rotatable bonds is 6. The minimum atomic E-state index is -3.77. The first kappa shape index (κ1) is 19.7. The largest absolute Gasteiger partial charge is 0.454 e. The number of esters is 1. The first-order valence-corrected chi connectivity index (χ1v) is 8.76. The predicted molar refractivity (Wildman–Crippen MR) is 86.6 cm³/mol. The van der Waals surface area contributed by atoms with Gasteiger partial charge in [0.05, 0.1) is 11.9 Å². The van der Waals surface area contributed by atoms with Crippen molar-refractivity contribution in [1.29, 1.82) is 0 Å². The first-order valence-electron chi connectivity index (χ1n) is 6.54. The molecule has 0 saturated heterocycles. The molecule has 1 aromatic carbocycles. The van der Waals surface area contributed by atoms with Gasteiger partial charge in [0.1, 0.15) is 6.54 Å². The van der Waals surface area contributed by atoms with Crippen molar-refractivity contribution >= 4 is 45.1 Å². The molecule has 2 N–H and O–H groups in total. The van der Waals surface area contributed by atoms with Crippen molar-refractivity contribution in [3.05, 3.63) is 29.3 Å². The Hall–Kier alpha value is -2.33. The van der Waals surface area contributed by atoms with Crippen LogP contribution < -0.4 is 15.2 Å². The Morgan fingerprint density at radius 1 is 1.25 bits per heavy atom. The van der Waals surface area contributed by atoms with E-state index in [0.717, 1.165) is 10.6 Å². The topological polar surface area (TPSA) is 122 Å². The normalized spacial score (nSPS) is 10.6. The zero-order valence-corrected chi connectivity index (χ0v) is 14.5. The number of carbonyl (C=O) groups is 3. The number of benzene rings is 1. The molecule has 0 bridgehead atoms. The summed E-state index contributed by atoms with van der Waals surface area (Å²) in [6, 6.07) is 5.92. The first-order chi connectivity index (χ1) is 11.1. The standard InChI is InChI=1S/C13H16ClN3O6S/c1-9(18)15-16-12(19)8-23-13(20)7-17(24(2,21)22)11-5-3-4-10(14)6-11/h3-6H,7-8H2,1-2H3,(H,15,18)(H,16,19). The lowest BCUT2D eigenvalue weighted by Crippen LogP contribution is -2.43. The third-order valence-electron chi connectivity index (χ3n) is 2.51. The van der Waals surface area contributed by atoms with Gasteiger partial charge in [0, 0.05) is 11.9 Å². The van der Waals surface area contributed by atoms with Gasteiger partial charge in [-0.05, 0) is 18.2 Å². The summed E-state index contributed by atoms with van der Waals surface area (Å²) in [5, 5.41) is 0.296. The number of amides is 2. The SMILES string of the molecule is CC(=O)NNC(=O)COC(=O)CN(c1cccc(Cl)c1)S(C)(=O)=O. The molecule has 1 aromatic rings. The van der Waals surface area contributed by atoms with E-state index < -0.39 is 41.0 Å². The average Bonchev–Trinajstić information content (AvgIpc) is 2.47. The summed E-state index contributed by atoms with van der Waals surface area (Å²) in [5.41, 5.74) is 4.20. The van der Waals surface area contributed by atoms with Crippen LogP contribution in [0, 0.1) is 0 Å². The van der Waals surface area contributed by atoms with E-state index in [1.54, 1.807) is 6.07 Å². The van der Waals surface area contributed by atoms with Gasteiger partial charge in [-0.15, -0.1) is 0 Å². The van der Waals surface area contributed by atoms with E-state index >= 15 is 0 Å². The molecule has 132 valence electrons. The molecular weight excluding hydrogens is 362 g/mol. The van der Waals surface area contributed by atoms with Gasteiger partial charge < -0.3 is 4.74 Å². The van der Waals surface area contributed by atoms with Gasteiger partial charge in [0.2, 0.25) is 15.9 Å². The van der Waals surface area contributed by atoms with Crippen LogP contribution in [0.25, 0.3) is 0 Å². The van der Waals surface area contributed by atoms with Gasteiger partial charge in [-0.1, -0.05) is 17.7 Å². The van der Waals surface area contributed by atoms with Crippen molar-refractivity contribution in [2.24, 2.45) is 0 Å². The number of hydrazine groups is 1. The number of hydrogen-bond donors (Lipinski definition) is 2. The van der Waals surface area contributed by atoms with Crippen molar-refractivity contribution in [2.75, 3.05) is 23.7 Å². The molecule has 11 heteroatoms. The van der Waals surface area contributed by atoms with Gasteiger partial charge in [0.25, 0.3) is 5.91 Å². The van der Waals surface area contributed by atoms with E-state index in [2.05, 4.69) is 4.74 Å². The molecule has 0 spiro atoms. The van der Waals surface area contributed by atoms with Crippen LogP contribution in [0.2, 0.25) is 5.02 Å². The van der Waals surface area contributed by atoms with Crippen molar-refractivity contribution < 1.29 is 27.5 Å². The third-order valence-corrected chi connectivity index (χ3v) is 3.89. The molecule has 0 fully saturated rings. The van der Waals surface area contributed by atoms with Gasteiger partial charge in [-0.2, -0.15) is 0 Å². The Morgan fingerprint density at radius 2 is 1.92 bits per heavy atom. The van der Waals surface area contributed by atoms with Gasteiger partial charge in [-0.3, -0.25) is 29.5 Å². The molecule has 0 saturated carbocycles. The lowest BCUT2D eigenvalue weighted by molar-refractivity contribution is -0.147. The maximum absolute atomic E-state index is 11.8. The second-order valence-corrected chi connectivity index (χ2v) is 6.98. The Kier molecular flexibility index (Phi) is 6.98. The van der Waals surface area contributed by atoms with Crippen molar-refractivity contribution in [3.8, 4) is 0 Å². The summed E-state index contributed by atoms with van der Waals surface area (Å²) in [6.07, 6.45) is 0.921. The van der Waals surface area contributed by atoms with Crippen LogP contribution >= 0.6 is 11.6 Å². The van der Waals surface area contributed by atoms with Gasteiger partial charge in [0.15, 0.2) is 6.61 Å². The second kappa shape index (κ2) is 8.50. The molecule has 0 aliphatic heterocycles. The maximum atomic E-state index is 11.8. The lowest BCUT2D eigenvalue weighted by atomic mass is 10.3. The molecule has 0 aliphatic carbocycles. The van der Waals surface area contributed by atoms with Crippen molar-refractivity contribution in [2.45, 2.75) is 6.92 Å². The number of nitrogens with zero attached hydrogens (tertiary/aromatic N) is 1. The minimum Gasteiger partial charge on any atom is -0.454 e.